The third-order valence-electron chi connectivity index (χ3n) is 2.59. The molecule has 0 spiro atoms. The highest BCUT2D eigenvalue weighted by Gasteiger charge is 2.05. The Morgan fingerprint density at radius 1 is 1.11 bits per heavy atom. The Kier molecular flexibility index (Phi) is 4.15. The number of hydrogen-bond acceptors (Lipinski definition) is 3. The van der Waals surface area contributed by atoms with Crippen LogP contribution in [0.2, 0.25) is 0 Å². The molecule has 1 atom stereocenters. The van der Waals surface area contributed by atoms with Crippen molar-refractivity contribution < 1.29 is 14.6 Å². The van der Waals surface area contributed by atoms with E-state index in [1.54, 1.807) is 55.5 Å². The lowest BCUT2D eigenvalue weighted by Crippen LogP contribution is -2.16. The first-order valence-corrected chi connectivity index (χ1v) is 5.97. The molecule has 1 unspecified atom stereocenters. The summed E-state index contributed by atoms with van der Waals surface area (Å²) in [5.41, 5.74) is 1.41. The highest BCUT2D eigenvalue weighted by molar-refractivity contribution is 5.86. The first kappa shape index (κ1) is 13.1. The molecule has 0 saturated carbocycles. The van der Waals surface area contributed by atoms with E-state index < -0.39 is 12.2 Å². The van der Waals surface area contributed by atoms with Crippen molar-refractivity contribution in [3.05, 3.63) is 60.2 Å². The number of para-hydroxylation sites is 1. The van der Waals surface area contributed by atoms with Crippen molar-refractivity contribution in [3.63, 3.8) is 0 Å². The number of amides is 1. The minimum atomic E-state index is -0.545. The van der Waals surface area contributed by atoms with Crippen LogP contribution in [0.15, 0.2) is 54.6 Å². The molecule has 2 aromatic carbocycles. The van der Waals surface area contributed by atoms with Gasteiger partial charge in [-0.05, 0) is 36.8 Å². The number of ether oxygens (including phenoxy) is 1. The number of carbonyl (C=O) groups excluding carboxylic acids is 1. The zero-order valence-corrected chi connectivity index (χ0v) is 10.5. The van der Waals surface area contributed by atoms with Crippen molar-refractivity contribution in [3.8, 4) is 5.75 Å². The average molecular weight is 257 g/mol. The molecular weight excluding hydrogens is 242 g/mol. The van der Waals surface area contributed by atoms with Gasteiger partial charge in [0.1, 0.15) is 5.75 Å². The first-order chi connectivity index (χ1) is 9.15. The number of anilines is 1. The Morgan fingerprint density at radius 2 is 1.74 bits per heavy atom. The maximum atomic E-state index is 11.6. The molecule has 0 bridgehead atoms. The van der Waals surface area contributed by atoms with Crippen LogP contribution in [-0.4, -0.2) is 11.2 Å². The summed E-state index contributed by atoms with van der Waals surface area (Å²) < 4.78 is 5.10. The fourth-order valence-electron chi connectivity index (χ4n) is 1.58. The third kappa shape index (κ3) is 3.82. The van der Waals surface area contributed by atoms with Crippen LogP contribution in [0.1, 0.15) is 18.6 Å². The van der Waals surface area contributed by atoms with Crippen molar-refractivity contribution in [2.45, 2.75) is 13.0 Å². The maximum absolute atomic E-state index is 11.6. The molecule has 2 N–H and O–H groups in total. The molecule has 2 rings (SSSR count). The number of aliphatic hydroxyl groups excluding tert-OH is 1. The number of rotatable bonds is 3. The molecule has 0 saturated heterocycles. The summed E-state index contributed by atoms with van der Waals surface area (Å²) in [5, 5.41) is 12.0. The minimum Gasteiger partial charge on any atom is -0.410 e. The van der Waals surface area contributed by atoms with Gasteiger partial charge >= 0.3 is 6.09 Å². The van der Waals surface area contributed by atoms with E-state index in [0.29, 0.717) is 11.4 Å². The summed E-state index contributed by atoms with van der Waals surface area (Å²) >= 11 is 0. The molecule has 0 fully saturated rings. The van der Waals surface area contributed by atoms with E-state index in [4.69, 9.17) is 4.74 Å². The van der Waals surface area contributed by atoms with Crippen LogP contribution < -0.4 is 10.1 Å². The Bertz CT molecular complexity index is 535. The molecule has 98 valence electrons. The van der Waals surface area contributed by atoms with E-state index in [9.17, 15) is 9.90 Å². The van der Waals surface area contributed by atoms with Gasteiger partial charge in [0.2, 0.25) is 0 Å². The Labute approximate surface area is 111 Å². The largest absolute Gasteiger partial charge is 0.417 e. The summed E-state index contributed by atoms with van der Waals surface area (Å²) in [6, 6.07) is 15.8. The summed E-state index contributed by atoms with van der Waals surface area (Å²) in [6.07, 6.45) is -1.07. The normalized spacial score (nSPS) is 11.7. The lowest BCUT2D eigenvalue weighted by molar-refractivity contribution is 0.199. The standard InChI is InChI=1S/C15H15NO3/c1-11(17)12-7-9-13(10-8-12)16-15(18)19-14-5-3-2-4-6-14/h2-11,17H,1H3,(H,16,18). The van der Waals surface area contributed by atoms with Crippen LogP contribution in [0.3, 0.4) is 0 Å². The SMILES string of the molecule is CC(O)c1ccc(NC(=O)Oc2ccccc2)cc1. The van der Waals surface area contributed by atoms with Crippen molar-refractivity contribution in [2.24, 2.45) is 0 Å². The van der Waals surface area contributed by atoms with E-state index in [-0.39, 0.29) is 0 Å². The number of hydrogen-bond donors (Lipinski definition) is 2. The van der Waals surface area contributed by atoms with E-state index in [2.05, 4.69) is 5.32 Å². The third-order valence-corrected chi connectivity index (χ3v) is 2.59. The Hall–Kier alpha value is -2.33. The zero-order valence-electron chi connectivity index (χ0n) is 10.5. The molecule has 4 nitrogen and oxygen atoms in total. The van der Waals surface area contributed by atoms with Crippen molar-refractivity contribution in [2.75, 3.05) is 5.32 Å². The van der Waals surface area contributed by atoms with E-state index in [0.717, 1.165) is 5.56 Å². The Balaban J connectivity index is 1.95. The summed E-state index contributed by atoms with van der Waals surface area (Å²) in [4.78, 5) is 11.6. The molecular formula is C15H15NO3. The van der Waals surface area contributed by atoms with Gasteiger partial charge in [0, 0.05) is 5.69 Å². The van der Waals surface area contributed by atoms with Gasteiger partial charge in [-0.3, -0.25) is 5.32 Å². The average Bonchev–Trinajstić information content (AvgIpc) is 2.40. The second-order valence-electron chi connectivity index (χ2n) is 4.13. The lowest BCUT2D eigenvalue weighted by Gasteiger charge is -2.08. The zero-order chi connectivity index (χ0) is 13.7. The molecule has 1 amide bonds. The van der Waals surface area contributed by atoms with Gasteiger partial charge in [0.15, 0.2) is 0 Å². The van der Waals surface area contributed by atoms with Crippen LogP contribution in [-0.2, 0) is 0 Å². The molecule has 0 aromatic heterocycles. The van der Waals surface area contributed by atoms with Crippen molar-refractivity contribution in [1.29, 1.82) is 0 Å². The van der Waals surface area contributed by atoms with Crippen LogP contribution in [0, 0.1) is 0 Å². The van der Waals surface area contributed by atoms with Gasteiger partial charge < -0.3 is 9.84 Å². The Morgan fingerprint density at radius 3 is 2.32 bits per heavy atom. The minimum absolute atomic E-state index is 0.487. The van der Waals surface area contributed by atoms with Crippen LogP contribution in [0.5, 0.6) is 5.75 Å². The van der Waals surface area contributed by atoms with Gasteiger partial charge in [-0.15, -0.1) is 0 Å². The monoisotopic (exact) mass is 257 g/mol. The fourth-order valence-corrected chi connectivity index (χ4v) is 1.58. The molecule has 4 heteroatoms. The number of benzene rings is 2. The predicted molar refractivity (Wildman–Crippen MR) is 73.2 cm³/mol. The van der Waals surface area contributed by atoms with Gasteiger partial charge in [-0.2, -0.15) is 0 Å². The predicted octanol–water partition coefficient (Wildman–Crippen LogP) is 3.35. The van der Waals surface area contributed by atoms with Gasteiger partial charge in [0.25, 0.3) is 0 Å². The van der Waals surface area contributed by atoms with Gasteiger partial charge in [-0.25, -0.2) is 4.79 Å². The molecule has 0 aliphatic rings. The van der Waals surface area contributed by atoms with Crippen molar-refractivity contribution in [1.82, 2.24) is 0 Å². The number of nitrogens with one attached hydrogen (secondary N) is 1. The molecule has 0 radical (unpaired) electrons. The number of aliphatic hydroxyl groups is 1. The highest BCUT2D eigenvalue weighted by atomic mass is 16.6. The van der Waals surface area contributed by atoms with Crippen LogP contribution >= 0.6 is 0 Å². The van der Waals surface area contributed by atoms with E-state index >= 15 is 0 Å². The quantitative estimate of drug-likeness (QED) is 0.886. The molecule has 0 aliphatic carbocycles. The van der Waals surface area contributed by atoms with E-state index in [1.807, 2.05) is 6.07 Å². The second-order valence-corrected chi connectivity index (χ2v) is 4.13. The molecule has 0 aliphatic heterocycles. The second kappa shape index (κ2) is 6.02. The lowest BCUT2D eigenvalue weighted by atomic mass is 10.1. The number of carbonyl (C=O) groups is 1. The fraction of sp³-hybridized carbons (Fsp3) is 0.133. The summed E-state index contributed by atoms with van der Waals surface area (Å²) in [5.74, 6) is 0.487. The summed E-state index contributed by atoms with van der Waals surface area (Å²) in [7, 11) is 0. The smallest absolute Gasteiger partial charge is 0.410 e. The van der Waals surface area contributed by atoms with Crippen LogP contribution in [0.25, 0.3) is 0 Å². The molecule has 19 heavy (non-hydrogen) atoms. The van der Waals surface area contributed by atoms with Crippen molar-refractivity contribution >= 4 is 11.8 Å². The summed E-state index contributed by atoms with van der Waals surface area (Å²) in [6.45, 7) is 1.69. The van der Waals surface area contributed by atoms with Gasteiger partial charge in [-0.1, -0.05) is 30.3 Å². The van der Waals surface area contributed by atoms with Gasteiger partial charge in [0.05, 0.1) is 6.10 Å². The molecule has 2 aromatic rings. The topological polar surface area (TPSA) is 58.6 Å². The van der Waals surface area contributed by atoms with Crippen LogP contribution in [0.4, 0.5) is 10.5 Å². The highest BCUT2D eigenvalue weighted by Crippen LogP contribution is 2.16. The van der Waals surface area contributed by atoms with E-state index in [1.165, 1.54) is 0 Å². The maximum Gasteiger partial charge on any atom is 0.417 e. The first-order valence-electron chi connectivity index (χ1n) is 5.97. The molecule has 0 heterocycles.